The fourth-order valence-corrected chi connectivity index (χ4v) is 4.00. The predicted octanol–water partition coefficient (Wildman–Crippen LogP) is 4.97. The quantitative estimate of drug-likeness (QED) is 0.396. The van der Waals surface area contributed by atoms with Crippen molar-refractivity contribution in [1.29, 1.82) is 0 Å². The second-order valence-electron chi connectivity index (χ2n) is 8.01. The SMILES string of the molecule is CC(C)C(CNC(=O)c1ccc(NS(=O)(=O)C=Cc2ccccc2)cc1)Nc1ccccc1. The van der Waals surface area contributed by atoms with Crippen LogP contribution < -0.4 is 15.4 Å². The van der Waals surface area contributed by atoms with Crippen LogP contribution in [0.15, 0.2) is 90.3 Å². The Morgan fingerprint density at radius 2 is 1.45 bits per heavy atom. The van der Waals surface area contributed by atoms with Gasteiger partial charge in [0.15, 0.2) is 0 Å². The molecule has 0 spiro atoms. The molecule has 172 valence electrons. The van der Waals surface area contributed by atoms with Crippen LogP contribution in [0, 0.1) is 5.92 Å². The molecule has 3 aromatic rings. The maximum atomic E-state index is 12.6. The number of hydrogen-bond donors (Lipinski definition) is 3. The van der Waals surface area contributed by atoms with Gasteiger partial charge in [0.25, 0.3) is 15.9 Å². The number of para-hydroxylation sites is 1. The number of rotatable bonds is 10. The maximum Gasteiger partial charge on any atom is 0.255 e. The molecular weight excluding hydrogens is 434 g/mol. The molecule has 1 unspecified atom stereocenters. The van der Waals surface area contributed by atoms with E-state index in [1.807, 2.05) is 60.7 Å². The molecule has 3 N–H and O–H groups in total. The summed E-state index contributed by atoms with van der Waals surface area (Å²) in [5.41, 5.74) is 2.63. The first kappa shape index (κ1) is 24.1. The van der Waals surface area contributed by atoms with Crippen molar-refractivity contribution < 1.29 is 13.2 Å². The van der Waals surface area contributed by atoms with Crippen molar-refractivity contribution in [3.05, 3.63) is 101 Å². The molecule has 0 fully saturated rings. The lowest BCUT2D eigenvalue weighted by atomic mass is 10.0. The molecule has 3 aromatic carbocycles. The van der Waals surface area contributed by atoms with Crippen molar-refractivity contribution in [2.45, 2.75) is 19.9 Å². The summed E-state index contributed by atoms with van der Waals surface area (Å²) in [6.45, 7) is 4.66. The van der Waals surface area contributed by atoms with Gasteiger partial charge in [-0.25, -0.2) is 8.42 Å². The second kappa shape index (κ2) is 11.3. The molecule has 33 heavy (non-hydrogen) atoms. The van der Waals surface area contributed by atoms with Gasteiger partial charge in [-0.2, -0.15) is 0 Å². The summed E-state index contributed by atoms with van der Waals surface area (Å²) in [4.78, 5) is 12.6. The summed E-state index contributed by atoms with van der Waals surface area (Å²) >= 11 is 0. The highest BCUT2D eigenvalue weighted by molar-refractivity contribution is 7.95. The highest BCUT2D eigenvalue weighted by Gasteiger charge is 2.15. The Hall–Kier alpha value is -3.58. The lowest BCUT2D eigenvalue weighted by Gasteiger charge is -2.24. The van der Waals surface area contributed by atoms with Crippen LogP contribution in [-0.4, -0.2) is 26.9 Å². The first-order valence-corrected chi connectivity index (χ1v) is 12.3. The normalized spacial score (nSPS) is 12.5. The van der Waals surface area contributed by atoms with E-state index in [2.05, 4.69) is 29.2 Å². The lowest BCUT2D eigenvalue weighted by molar-refractivity contribution is 0.0950. The van der Waals surface area contributed by atoms with Gasteiger partial charge in [-0.15, -0.1) is 0 Å². The van der Waals surface area contributed by atoms with Crippen LogP contribution >= 0.6 is 0 Å². The second-order valence-corrected chi connectivity index (χ2v) is 9.58. The van der Waals surface area contributed by atoms with Gasteiger partial charge < -0.3 is 10.6 Å². The number of hydrogen-bond acceptors (Lipinski definition) is 4. The maximum absolute atomic E-state index is 12.6. The Bertz CT molecular complexity index is 1160. The topological polar surface area (TPSA) is 87.3 Å². The van der Waals surface area contributed by atoms with Gasteiger partial charge in [0, 0.05) is 29.5 Å². The number of carbonyl (C=O) groups is 1. The third kappa shape index (κ3) is 7.80. The Kier molecular flexibility index (Phi) is 8.27. The minimum atomic E-state index is -3.67. The number of anilines is 2. The van der Waals surface area contributed by atoms with Gasteiger partial charge in [0.05, 0.1) is 5.41 Å². The molecule has 0 bridgehead atoms. The van der Waals surface area contributed by atoms with E-state index in [9.17, 15) is 13.2 Å². The number of amides is 1. The summed E-state index contributed by atoms with van der Waals surface area (Å²) in [5, 5.41) is 7.52. The van der Waals surface area contributed by atoms with Gasteiger partial charge in [0.2, 0.25) is 0 Å². The molecule has 0 saturated heterocycles. The zero-order chi connectivity index (χ0) is 23.7. The van der Waals surface area contributed by atoms with Gasteiger partial charge in [-0.3, -0.25) is 9.52 Å². The number of nitrogens with one attached hydrogen (secondary N) is 3. The molecule has 0 aromatic heterocycles. The molecular formula is C26H29N3O3S. The third-order valence-corrected chi connectivity index (χ3v) is 6.07. The molecule has 3 rings (SSSR count). The molecule has 0 aliphatic carbocycles. The molecule has 0 radical (unpaired) electrons. The minimum Gasteiger partial charge on any atom is -0.380 e. The Balaban J connectivity index is 1.56. The van der Waals surface area contributed by atoms with Crippen molar-refractivity contribution in [2.24, 2.45) is 5.92 Å². The van der Waals surface area contributed by atoms with Crippen molar-refractivity contribution in [3.8, 4) is 0 Å². The summed E-state index contributed by atoms with van der Waals surface area (Å²) in [7, 11) is -3.67. The predicted molar refractivity (Wildman–Crippen MR) is 135 cm³/mol. The van der Waals surface area contributed by atoms with Crippen LogP contribution in [0.5, 0.6) is 0 Å². The molecule has 0 aliphatic rings. The third-order valence-electron chi connectivity index (χ3n) is 5.06. The highest BCUT2D eigenvalue weighted by Crippen LogP contribution is 2.14. The van der Waals surface area contributed by atoms with E-state index in [1.54, 1.807) is 24.3 Å². The molecule has 7 heteroatoms. The highest BCUT2D eigenvalue weighted by atomic mass is 32.2. The van der Waals surface area contributed by atoms with Crippen molar-refractivity contribution in [1.82, 2.24) is 5.32 Å². The fraction of sp³-hybridized carbons (Fsp3) is 0.192. The first-order valence-electron chi connectivity index (χ1n) is 10.8. The Morgan fingerprint density at radius 3 is 2.06 bits per heavy atom. The van der Waals surface area contributed by atoms with Crippen LogP contribution in [0.1, 0.15) is 29.8 Å². The van der Waals surface area contributed by atoms with Crippen LogP contribution in [0.4, 0.5) is 11.4 Å². The Labute approximate surface area is 195 Å². The number of carbonyl (C=O) groups excluding carboxylic acids is 1. The van der Waals surface area contributed by atoms with Gasteiger partial charge in [-0.1, -0.05) is 62.4 Å². The monoisotopic (exact) mass is 463 g/mol. The number of benzene rings is 3. The van der Waals surface area contributed by atoms with Crippen LogP contribution in [0.25, 0.3) is 6.08 Å². The molecule has 0 saturated carbocycles. The van der Waals surface area contributed by atoms with Crippen molar-refractivity contribution in [3.63, 3.8) is 0 Å². The molecule has 0 aliphatic heterocycles. The molecule has 1 amide bonds. The van der Waals surface area contributed by atoms with E-state index in [4.69, 9.17) is 0 Å². The van der Waals surface area contributed by atoms with E-state index in [-0.39, 0.29) is 11.9 Å². The summed E-state index contributed by atoms with van der Waals surface area (Å²) < 4.78 is 27.1. The van der Waals surface area contributed by atoms with E-state index in [0.29, 0.717) is 23.7 Å². The van der Waals surface area contributed by atoms with Gasteiger partial charge >= 0.3 is 0 Å². The largest absolute Gasteiger partial charge is 0.380 e. The number of sulfonamides is 1. The molecule has 6 nitrogen and oxygen atoms in total. The average Bonchev–Trinajstić information content (AvgIpc) is 2.82. The van der Waals surface area contributed by atoms with E-state index < -0.39 is 10.0 Å². The van der Waals surface area contributed by atoms with Crippen LogP contribution in [0.3, 0.4) is 0 Å². The van der Waals surface area contributed by atoms with Crippen molar-refractivity contribution >= 4 is 33.4 Å². The summed E-state index contributed by atoms with van der Waals surface area (Å²) in [5.74, 6) is 0.0973. The molecule has 1 atom stereocenters. The first-order chi connectivity index (χ1) is 15.8. The van der Waals surface area contributed by atoms with Crippen molar-refractivity contribution in [2.75, 3.05) is 16.6 Å². The van der Waals surface area contributed by atoms with Gasteiger partial charge in [0.1, 0.15) is 0 Å². The van der Waals surface area contributed by atoms with Crippen LogP contribution in [-0.2, 0) is 10.0 Å². The zero-order valence-electron chi connectivity index (χ0n) is 18.7. The summed E-state index contributed by atoms with van der Waals surface area (Å²) in [6.07, 6.45) is 1.53. The Morgan fingerprint density at radius 1 is 0.848 bits per heavy atom. The van der Waals surface area contributed by atoms with E-state index in [0.717, 1.165) is 16.7 Å². The van der Waals surface area contributed by atoms with E-state index >= 15 is 0 Å². The molecule has 0 heterocycles. The lowest BCUT2D eigenvalue weighted by Crippen LogP contribution is -2.39. The minimum absolute atomic E-state index is 0.0684. The fourth-order valence-electron chi connectivity index (χ4n) is 3.13. The summed E-state index contributed by atoms with van der Waals surface area (Å²) in [6, 6.07) is 25.5. The van der Waals surface area contributed by atoms with Gasteiger partial charge in [-0.05, 0) is 54.0 Å². The van der Waals surface area contributed by atoms with Crippen LogP contribution in [0.2, 0.25) is 0 Å². The average molecular weight is 464 g/mol. The smallest absolute Gasteiger partial charge is 0.255 e. The van der Waals surface area contributed by atoms with E-state index in [1.165, 1.54) is 6.08 Å². The zero-order valence-corrected chi connectivity index (χ0v) is 19.5. The standard InChI is InChI=1S/C26H29N3O3S/c1-20(2)25(28-23-11-7-4-8-12-23)19-27-26(30)22-13-15-24(16-14-22)29-33(31,32)18-17-21-9-5-3-6-10-21/h3-18,20,25,28-29H,19H2,1-2H3,(H,27,30).